The standard InChI is InChI=1S/C26H27F3N2O4/c1-17(21-8-4-6-18-5-2-3-7-22(18)21)30-14-20-15-31(11-12-34-20)24-10-9-19(35-16-25(32)33)13-23(24)26(27,28)29/h2-10,13,17,20,30H,11-12,14-16H2,1H3,(H,32,33)/t17-,20?/m1/s1. The van der Waals surface area contributed by atoms with E-state index in [-0.39, 0.29) is 30.1 Å². The van der Waals surface area contributed by atoms with Crippen LogP contribution in [-0.2, 0) is 15.7 Å². The van der Waals surface area contributed by atoms with E-state index in [4.69, 9.17) is 14.6 Å². The highest BCUT2D eigenvalue weighted by Crippen LogP contribution is 2.39. The van der Waals surface area contributed by atoms with Crippen molar-refractivity contribution in [2.75, 3.05) is 37.7 Å². The third-order valence-electron chi connectivity index (χ3n) is 6.06. The second-order valence-corrected chi connectivity index (χ2v) is 8.50. The molecule has 0 aliphatic carbocycles. The number of benzene rings is 3. The number of nitrogens with one attached hydrogen (secondary N) is 1. The maximum atomic E-state index is 13.8. The van der Waals surface area contributed by atoms with Crippen LogP contribution in [0.1, 0.15) is 24.1 Å². The number of halogens is 3. The molecule has 0 spiro atoms. The van der Waals surface area contributed by atoms with Crippen molar-refractivity contribution in [1.29, 1.82) is 0 Å². The fraction of sp³-hybridized carbons (Fsp3) is 0.346. The average Bonchev–Trinajstić information content (AvgIpc) is 2.85. The van der Waals surface area contributed by atoms with Gasteiger partial charge in [-0.2, -0.15) is 13.2 Å². The van der Waals surface area contributed by atoms with Crippen molar-refractivity contribution < 1.29 is 32.5 Å². The van der Waals surface area contributed by atoms with E-state index in [0.29, 0.717) is 19.7 Å². The Bertz CT molecular complexity index is 1180. The molecule has 1 fully saturated rings. The number of ether oxygens (including phenoxy) is 2. The van der Waals surface area contributed by atoms with Gasteiger partial charge in [-0.3, -0.25) is 0 Å². The lowest BCUT2D eigenvalue weighted by Crippen LogP contribution is -2.47. The Labute approximate surface area is 201 Å². The second kappa shape index (κ2) is 10.5. The topological polar surface area (TPSA) is 71.0 Å². The van der Waals surface area contributed by atoms with Crippen LogP contribution in [0, 0.1) is 0 Å². The van der Waals surface area contributed by atoms with Crippen molar-refractivity contribution in [3.8, 4) is 5.75 Å². The van der Waals surface area contributed by atoms with Crippen LogP contribution < -0.4 is 15.0 Å². The lowest BCUT2D eigenvalue weighted by atomic mass is 9.99. The second-order valence-electron chi connectivity index (χ2n) is 8.50. The van der Waals surface area contributed by atoms with E-state index in [2.05, 4.69) is 36.5 Å². The van der Waals surface area contributed by atoms with Crippen LogP contribution in [0.25, 0.3) is 10.8 Å². The van der Waals surface area contributed by atoms with Gasteiger partial charge in [-0.1, -0.05) is 42.5 Å². The predicted molar refractivity (Wildman–Crippen MR) is 127 cm³/mol. The van der Waals surface area contributed by atoms with Crippen LogP contribution in [0.4, 0.5) is 18.9 Å². The Hall–Kier alpha value is -3.30. The molecule has 2 N–H and O–H groups in total. The minimum atomic E-state index is -4.62. The van der Waals surface area contributed by atoms with Gasteiger partial charge in [-0.15, -0.1) is 0 Å². The van der Waals surface area contributed by atoms with Crippen LogP contribution >= 0.6 is 0 Å². The number of alkyl halides is 3. The first-order valence-electron chi connectivity index (χ1n) is 11.4. The number of fused-ring (bicyclic) bond motifs is 1. The van der Waals surface area contributed by atoms with E-state index in [1.54, 1.807) is 4.90 Å². The molecule has 1 saturated heterocycles. The van der Waals surface area contributed by atoms with Gasteiger partial charge < -0.3 is 24.8 Å². The van der Waals surface area contributed by atoms with Gasteiger partial charge >= 0.3 is 12.1 Å². The predicted octanol–water partition coefficient (Wildman–Crippen LogP) is 4.88. The molecule has 186 valence electrons. The van der Waals surface area contributed by atoms with Gasteiger partial charge in [-0.25, -0.2) is 4.79 Å². The van der Waals surface area contributed by atoms with Crippen molar-refractivity contribution in [2.45, 2.75) is 25.2 Å². The Morgan fingerprint density at radius 2 is 1.97 bits per heavy atom. The largest absolute Gasteiger partial charge is 0.482 e. The Morgan fingerprint density at radius 1 is 1.20 bits per heavy atom. The minimum Gasteiger partial charge on any atom is -0.482 e. The number of carboxylic acids is 1. The van der Waals surface area contributed by atoms with Gasteiger partial charge in [0.15, 0.2) is 6.61 Å². The average molecular weight is 489 g/mol. The van der Waals surface area contributed by atoms with Gasteiger partial charge in [0, 0.05) is 31.4 Å². The molecule has 3 aromatic carbocycles. The zero-order valence-electron chi connectivity index (χ0n) is 19.2. The summed E-state index contributed by atoms with van der Waals surface area (Å²) in [6.45, 7) is 2.71. The smallest absolute Gasteiger partial charge is 0.418 e. The van der Waals surface area contributed by atoms with Crippen LogP contribution in [0.2, 0.25) is 0 Å². The molecule has 0 saturated carbocycles. The molecule has 4 rings (SSSR count). The number of morpholine rings is 1. The van der Waals surface area contributed by atoms with E-state index < -0.39 is 24.3 Å². The maximum absolute atomic E-state index is 13.8. The Kier molecular flexibility index (Phi) is 7.47. The fourth-order valence-electron chi connectivity index (χ4n) is 4.36. The molecule has 9 heteroatoms. The number of aliphatic carboxylic acids is 1. The monoisotopic (exact) mass is 488 g/mol. The van der Waals surface area contributed by atoms with Gasteiger partial charge in [0.2, 0.25) is 0 Å². The van der Waals surface area contributed by atoms with Crippen molar-refractivity contribution in [3.63, 3.8) is 0 Å². The fourth-order valence-corrected chi connectivity index (χ4v) is 4.36. The number of carboxylic acid groups (broad SMARTS) is 1. The summed E-state index contributed by atoms with van der Waals surface area (Å²) < 4.78 is 52.2. The number of hydrogen-bond acceptors (Lipinski definition) is 5. The molecular weight excluding hydrogens is 461 g/mol. The van der Waals surface area contributed by atoms with Gasteiger partial charge in [0.1, 0.15) is 5.75 Å². The summed E-state index contributed by atoms with van der Waals surface area (Å²) in [4.78, 5) is 12.3. The summed E-state index contributed by atoms with van der Waals surface area (Å²) in [6, 6.07) is 17.8. The number of anilines is 1. The maximum Gasteiger partial charge on any atom is 0.418 e. The number of rotatable bonds is 8. The number of nitrogens with zero attached hydrogens (tertiary/aromatic N) is 1. The third kappa shape index (κ3) is 6.04. The van der Waals surface area contributed by atoms with Crippen LogP contribution in [0.15, 0.2) is 60.7 Å². The zero-order valence-corrected chi connectivity index (χ0v) is 19.2. The van der Waals surface area contributed by atoms with E-state index in [0.717, 1.165) is 22.4 Å². The molecule has 1 unspecified atom stereocenters. The molecular formula is C26H27F3N2O4. The zero-order chi connectivity index (χ0) is 25.0. The first-order valence-corrected chi connectivity index (χ1v) is 11.4. The highest BCUT2D eigenvalue weighted by atomic mass is 19.4. The SMILES string of the molecule is C[C@@H](NCC1CN(c2ccc(OCC(=O)O)cc2C(F)(F)F)CCO1)c1cccc2ccccc12. The Morgan fingerprint density at radius 3 is 2.74 bits per heavy atom. The van der Waals surface area contributed by atoms with Gasteiger partial charge in [0.05, 0.1) is 18.3 Å². The molecule has 1 aliphatic rings. The molecule has 1 aliphatic heterocycles. The minimum absolute atomic E-state index is 0.0237. The summed E-state index contributed by atoms with van der Waals surface area (Å²) in [5.41, 5.74) is 0.306. The van der Waals surface area contributed by atoms with Crippen molar-refractivity contribution in [2.24, 2.45) is 0 Å². The van der Waals surface area contributed by atoms with E-state index >= 15 is 0 Å². The summed E-state index contributed by atoms with van der Waals surface area (Å²) in [6.07, 6.45) is -4.92. The van der Waals surface area contributed by atoms with Crippen LogP contribution in [-0.4, -0.2) is 50.0 Å². The molecule has 0 bridgehead atoms. The lowest BCUT2D eigenvalue weighted by Gasteiger charge is -2.36. The first kappa shape index (κ1) is 24.8. The normalized spacial score (nSPS) is 17.4. The summed E-state index contributed by atoms with van der Waals surface area (Å²) in [5, 5.41) is 14.5. The van der Waals surface area contributed by atoms with Crippen molar-refractivity contribution in [1.82, 2.24) is 5.32 Å². The highest BCUT2D eigenvalue weighted by molar-refractivity contribution is 5.86. The molecule has 2 atom stereocenters. The quantitative estimate of drug-likeness (QED) is 0.471. The first-order chi connectivity index (χ1) is 16.7. The lowest BCUT2D eigenvalue weighted by molar-refractivity contribution is -0.139. The van der Waals surface area contributed by atoms with E-state index in [1.165, 1.54) is 12.1 Å². The van der Waals surface area contributed by atoms with Crippen LogP contribution in [0.3, 0.4) is 0 Å². The van der Waals surface area contributed by atoms with Crippen molar-refractivity contribution >= 4 is 22.4 Å². The molecule has 0 radical (unpaired) electrons. The summed E-state index contributed by atoms with van der Waals surface area (Å²) >= 11 is 0. The van der Waals surface area contributed by atoms with E-state index in [1.807, 2.05) is 18.2 Å². The van der Waals surface area contributed by atoms with Gasteiger partial charge in [-0.05, 0) is 41.5 Å². The highest BCUT2D eigenvalue weighted by Gasteiger charge is 2.36. The van der Waals surface area contributed by atoms with Crippen LogP contribution in [0.5, 0.6) is 5.75 Å². The summed E-state index contributed by atoms with van der Waals surface area (Å²) in [5.74, 6) is -1.40. The molecule has 0 amide bonds. The molecule has 0 aromatic heterocycles. The Balaban J connectivity index is 1.45. The number of hydrogen-bond donors (Lipinski definition) is 2. The van der Waals surface area contributed by atoms with Crippen molar-refractivity contribution in [3.05, 3.63) is 71.8 Å². The molecule has 35 heavy (non-hydrogen) atoms. The van der Waals surface area contributed by atoms with Gasteiger partial charge in [0.25, 0.3) is 0 Å². The molecule has 1 heterocycles. The molecule has 3 aromatic rings. The summed E-state index contributed by atoms with van der Waals surface area (Å²) in [7, 11) is 0. The van der Waals surface area contributed by atoms with E-state index in [9.17, 15) is 18.0 Å². The third-order valence-corrected chi connectivity index (χ3v) is 6.06. The number of carbonyl (C=O) groups is 1. The molecule has 6 nitrogen and oxygen atoms in total.